The first-order chi connectivity index (χ1) is 11.4. The number of aromatic amines is 1. The lowest BCUT2D eigenvalue weighted by molar-refractivity contribution is -0.138. The third-order valence-electron chi connectivity index (χ3n) is 4.44. The maximum atomic E-state index is 13.2. The fraction of sp³-hybridized carbons (Fsp3) is 0.412. The fourth-order valence-corrected chi connectivity index (χ4v) is 3.40. The number of carbonyl (C=O) groups is 1. The summed E-state index contributed by atoms with van der Waals surface area (Å²) in [6, 6.07) is 7.07. The van der Waals surface area contributed by atoms with Gasteiger partial charge in [-0.25, -0.2) is 0 Å². The highest BCUT2D eigenvalue weighted by molar-refractivity contribution is 5.78. The summed E-state index contributed by atoms with van der Waals surface area (Å²) >= 11 is 0. The third kappa shape index (κ3) is 3.60. The van der Waals surface area contributed by atoms with Crippen LogP contribution >= 0.6 is 0 Å². The van der Waals surface area contributed by atoms with Gasteiger partial charge in [0.15, 0.2) is 0 Å². The normalized spacial score (nSPS) is 21.0. The van der Waals surface area contributed by atoms with E-state index in [-0.39, 0.29) is 29.9 Å². The Morgan fingerprint density at radius 1 is 1.25 bits per heavy atom. The molecular formula is C17H18F3N3O. The number of amides is 1. The fourth-order valence-electron chi connectivity index (χ4n) is 3.40. The second-order valence-electron chi connectivity index (χ2n) is 6.06. The van der Waals surface area contributed by atoms with E-state index in [4.69, 9.17) is 0 Å². The van der Waals surface area contributed by atoms with Gasteiger partial charge in [0.25, 0.3) is 0 Å². The summed E-state index contributed by atoms with van der Waals surface area (Å²) in [6.45, 7) is 0. The van der Waals surface area contributed by atoms with E-state index in [9.17, 15) is 18.0 Å². The lowest BCUT2D eigenvalue weighted by Crippen LogP contribution is -2.38. The highest BCUT2D eigenvalue weighted by Crippen LogP contribution is 2.41. The van der Waals surface area contributed by atoms with E-state index >= 15 is 0 Å². The number of benzene rings is 1. The van der Waals surface area contributed by atoms with E-state index in [0.29, 0.717) is 18.5 Å². The van der Waals surface area contributed by atoms with Gasteiger partial charge in [0.2, 0.25) is 5.91 Å². The molecule has 24 heavy (non-hydrogen) atoms. The van der Waals surface area contributed by atoms with Crippen molar-refractivity contribution >= 4 is 5.91 Å². The Bertz CT molecular complexity index is 697. The van der Waals surface area contributed by atoms with Gasteiger partial charge in [-0.15, -0.1) is 0 Å². The molecule has 0 radical (unpaired) electrons. The predicted octanol–water partition coefficient (Wildman–Crippen LogP) is 3.42. The molecule has 1 fully saturated rings. The number of nitrogens with zero attached hydrogens (tertiary/aromatic N) is 1. The van der Waals surface area contributed by atoms with Gasteiger partial charge < -0.3 is 5.32 Å². The molecular weight excluding hydrogens is 319 g/mol. The van der Waals surface area contributed by atoms with E-state index in [1.165, 1.54) is 12.1 Å². The Labute approximate surface area is 137 Å². The molecule has 1 aliphatic rings. The lowest BCUT2D eigenvalue weighted by Gasteiger charge is -2.24. The molecule has 1 heterocycles. The van der Waals surface area contributed by atoms with Crippen molar-refractivity contribution < 1.29 is 18.0 Å². The van der Waals surface area contributed by atoms with Crippen LogP contribution in [0.2, 0.25) is 0 Å². The summed E-state index contributed by atoms with van der Waals surface area (Å²) < 4.78 is 39.7. The molecule has 1 aliphatic carbocycles. The molecule has 1 saturated carbocycles. The molecule has 0 spiro atoms. The van der Waals surface area contributed by atoms with E-state index in [2.05, 4.69) is 15.5 Å². The number of hydrogen-bond donors (Lipinski definition) is 2. The minimum Gasteiger partial charge on any atom is -0.352 e. The van der Waals surface area contributed by atoms with E-state index in [1.807, 2.05) is 0 Å². The van der Waals surface area contributed by atoms with Crippen LogP contribution in [0.1, 0.15) is 42.0 Å². The zero-order valence-corrected chi connectivity index (χ0v) is 12.9. The first kappa shape index (κ1) is 16.5. The van der Waals surface area contributed by atoms with Crippen molar-refractivity contribution in [1.82, 2.24) is 15.5 Å². The number of carbonyl (C=O) groups excluding carboxylic acids is 1. The van der Waals surface area contributed by atoms with Crippen molar-refractivity contribution in [3.05, 3.63) is 53.3 Å². The SMILES string of the molecule is O=C(Cc1ccn[nH]1)N[C@@H]1CCC[C@@H]1c1ccccc1C(F)(F)F. The monoisotopic (exact) mass is 337 g/mol. The molecule has 1 amide bonds. The molecule has 128 valence electrons. The van der Waals surface area contributed by atoms with Crippen LogP contribution in [0.3, 0.4) is 0 Å². The maximum Gasteiger partial charge on any atom is 0.416 e. The van der Waals surface area contributed by atoms with Crippen LogP contribution in [0.4, 0.5) is 13.2 Å². The van der Waals surface area contributed by atoms with Crippen LogP contribution in [-0.2, 0) is 17.4 Å². The zero-order chi connectivity index (χ0) is 17.2. The van der Waals surface area contributed by atoms with Gasteiger partial charge in [-0.2, -0.15) is 18.3 Å². The van der Waals surface area contributed by atoms with Crippen molar-refractivity contribution in [2.24, 2.45) is 0 Å². The van der Waals surface area contributed by atoms with Crippen LogP contribution in [0.5, 0.6) is 0 Å². The van der Waals surface area contributed by atoms with E-state index in [1.54, 1.807) is 18.3 Å². The largest absolute Gasteiger partial charge is 0.416 e. The Balaban J connectivity index is 1.75. The van der Waals surface area contributed by atoms with Crippen LogP contribution in [0.25, 0.3) is 0 Å². The minimum absolute atomic E-state index is 0.143. The van der Waals surface area contributed by atoms with Crippen molar-refractivity contribution in [3.63, 3.8) is 0 Å². The summed E-state index contributed by atoms with van der Waals surface area (Å²) in [5.74, 6) is -0.519. The molecule has 1 aromatic carbocycles. The third-order valence-corrected chi connectivity index (χ3v) is 4.44. The van der Waals surface area contributed by atoms with Crippen LogP contribution in [0.15, 0.2) is 36.5 Å². The molecule has 2 aromatic rings. The van der Waals surface area contributed by atoms with Gasteiger partial charge in [-0.1, -0.05) is 24.6 Å². The highest BCUT2D eigenvalue weighted by Gasteiger charge is 2.38. The molecule has 7 heteroatoms. The topological polar surface area (TPSA) is 57.8 Å². The number of H-pyrrole nitrogens is 1. The standard InChI is InChI=1S/C17H18F3N3O/c18-17(19,20)14-6-2-1-4-12(14)13-5-3-7-15(13)22-16(24)10-11-8-9-21-23-11/h1-2,4,6,8-9,13,15H,3,5,7,10H2,(H,21,23)(H,22,24)/t13-,15-/m1/s1. The summed E-state index contributed by atoms with van der Waals surface area (Å²) in [5, 5.41) is 9.37. The molecule has 4 nitrogen and oxygen atoms in total. The van der Waals surface area contributed by atoms with Crippen molar-refractivity contribution in [2.45, 2.75) is 43.8 Å². The second-order valence-corrected chi connectivity index (χ2v) is 6.06. The summed E-state index contributed by atoms with van der Waals surface area (Å²) in [4.78, 5) is 12.1. The van der Waals surface area contributed by atoms with Gasteiger partial charge in [0, 0.05) is 23.9 Å². The number of rotatable bonds is 4. The molecule has 1 aromatic heterocycles. The Morgan fingerprint density at radius 2 is 2.04 bits per heavy atom. The van der Waals surface area contributed by atoms with Gasteiger partial charge in [-0.3, -0.25) is 9.89 Å². The number of alkyl halides is 3. The molecule has 0 bridgehead atoms. The maximum absolute atomic E-state index is 13.2. The number of halogens is 3. The highest BCUT2D eigenvalue weighted by atomic mass is 19.4. The molecule has 0 saturated heterocycles. The van der Waals surface area contributed by atoms with E-state index in [0.717, 1.165) is 12.5 Å². The first-order valence-electron chi connectivity index (χ1n) is 7.89. The van der Waals surface area contributed by atoms with Gasteiger partial charge in [0.1, 0.15) is 0 Å². The molecule has 2 N–H and O–H groups in total. The molecule has 2 atom stereocenters. The number of nitrogens with one attached hydrogen (secondary N) is 2. The van der Waals surface area contributed by atoms with Gasteiger partial charge in [0.05, 0.1) is 12.0 Å². The summed E-state index contributed by atoms with van der Waals surface area (Å²) in [6.07, 6.45) is -0.562. The average molecular weight is 337 g/mol. The molecule has 0 unspecified atom stereocenters. The number of aromatic nitrogens is 2. The quantitative estimate of drug-likeness (QED) is 0.898. The Kier molecular flexibility index (Phi) is 4.59. The smallest absolute Gasteiger partial charge is 0.352 e. The first-order valence-corrected chi connectivity index (χ1v) is 7.89. The van der Waals surface area contributed by atoms with Crippen LogP contribution < -0.4 is 5.32 Å². The van der Waals surface area contributed by atoms with E-state index < -0.39 is 11.7 Å². The van der Waals surface area contributed by atoms with Crippen molar-refractivity contribution in [2.75, 3.05) is 0 Å². The lowest BCUT2D eigenvalue weighted by atomic mass is 9.89. The molecule has 3 rings (SSSR count). The number of hydrogen-bond acceptors (Lipinski definition) is 2. The van der Waals surface area contributed by atoms with Crippen molar-refractivity contribution in [3.8, 4) is 0 Å². The Hall–Kier alpha value is -2.31. The average Bonchev–Trinajstić information content (AvgIpc) is 3.18. The summed E-state index contributed by atoms with van der Waals surface area (Å²) in [7, 11) is 0. The van der Waals surface area contributed by atoms with Crippen molar-refractivity contribution in [1.29, 1.82) is 0 Å². The van der Waals surface area contributed by atoms with Gasteiger partial charge >= 0.3 is 6.18 Å². The zero-order valence-electron chi connectivity index (χ0n) is 12.9. The van der Waals surface area contributed by atoms with Crippen LogP contribution in [-0.4, -0.2) is 22.1 Å². The second kappa shape index (κ2) is 6.67. The van der Waals surface area contributed by atoms with Gasteiger partial charge in [-0.05, 0) is 30.5 Å². The minimum atomic E-state index is -4.39. The summed E-state index contributed by atoms with van der Waals surface area (Å²) in [5.41, 5.74) is 0.344. The predicted molar refractivity (Wildman–Crippen MR) is 82.3 cm³/mol. The molecule has 0 aliphatic heterocycles. The Morgan fingerprint density at radius 3 is 2.75 bits per heavy atom. The van der Waals surface area contributed by atoms with Crippen LogP contribution in [0, 0.1) is 0 Å².